The van der Waals surface area contributed by atoms with Crippen LogP contribution in [0.3, 0.4) is 0 Å². The van der Waals surface area contributed by atoms with Gasteiger partial charge in [-0.15, -0.1) is 10.2 Å². The Morgan fingerprint density at radius 2 is 1.73 bits per heavy atom. The Morgan fingerprint density at radius 1 is 1.00 bits per heavy atom. The van der Waals surface area contributed by atoms with Gasteiger partial charge in [0.2, 0.25) is 0 Å². The lowest BCUT2D eigenvalue weighted by molar-refractivity contribution is 1.04. The molecule has 0 aliphatic carbocycles. The number of nitrogens with zero attached hydrogens (tertiary/aromatic N) is 2. The van der Waals surface area contributed by atoms with Crippen molar-refractivity contribution in [1.82, 2.24) is 10.2 Å². The second-order valence-corrected chi connectivity index (χ2v) is 3.65. The molecule has 1 N–H and O–H groups in total. The molecular formula is C10H7Cl2N3. The van der Waals surface area contributed by atoms with Gasteiger partial charge in [-0.3, -0.25) is 0 Å². The summed E-state index contributed by atoms with van der Waals surface area (Å²) in [7, 11) is 0. The van der Waals surface area contributed by atoms with Gasteiger partial charge in [0, 0.05) is 5.69 Å². The average Bonchev–Trinajstić information content (AvgIpc) is 2.24. The summed E-state index contributed by atoms with van der Waals surface area (Å²) in [6.07, 6.45) is 0. The van der Waals surface area contributed by atoms with E-state index in [2.05, 4.69) is 15.5 Å². The van der Waals surface area contributed by atoms with E-state index in [1.165, 1.54) is 0 Å². The number of benzene rings is 1. The lowest BCUT2D eigenvalue weighted by Crippen LogP contribution is -1.96. The van der Waals surface area contributed by atoms with E-state index in [0.29, 0.717) is 10.8 Å². The number of hydrogen-bond donors (Lipinski definition) is 1. The summed E-state index contributed by atoms with van der Waals surface area (Å²) in [6.45, 7) is 0. The molecule has 0 spiro atoms. The number of anilines is 2. The van der Waals surface area contributed by atoms with Gasteiger partial charge in [-0.25, -0.2) is 0 Å². The first-order valence-corrected chi connectivity index (χ1v) is 5.02. The van der Waals surface area contributed by atoms with Crippen molar-refractivity contribution in [3.05, 3.63) is 46.6 Å². The van der Waals surface area contributed by atoms with Crippen LogP contribution < -0.4 is 5.32 Å². The molecule has 0 atom stereocenters. The first kappa shape index (κ1) is 10.2. The van der Waals surface area contributed by atoms with E-state index in [1.807, 2.05) is 30.3 Å². The van der Waals surface area contributed by atoms with Crippen molar-refractivity contribution in [2.45, 2.75) is 0 Å². The molecule has 1 aromatic heterocycles. The quantitative estimate of drug-likeness (QED) is 0.872. The molecule has 0 aliphatic rings. The number of para-hydroxylation sites is 1. The van der Waals surface area contributed by atoms with Gasteiger partial charge in [0.05, 0.1) is 5.02 Å². The van der Waals surface area contributed by atoms with Gasteiger partial charge in [0.15, 0.2) is 11.0 Å². The van der Waals surface area contributed by atoms with Gasteiger partial charge in [-0.05, 0) is 18.2 Å². The standard InChI is InChI=1S/C10H7Cl2N3/c11-8-6-9(12)14-15-10(8)13-7-4-2-1-3-5-7/h1-6H,(H,13,15). The predicted molar refractivity (Wildman–Crippen MR) is 61.8 cm³/mol. The Kier molecular flexibility index (Phi) is 3.04. The van der Waals surface area contributed by atoms with Crippen molar-refractivity contribution in [2.24, 2.45) is 0 Å². The molecule has 0 unspecified atom stereocenters. The van der Waals surface area contributed by atoms with E-state index >= 15 is 0 Å². The minimum Gasteiger partial charge on any atom is -0.337 e. The molecule has 0 saturated heterocycles. The molecule has 2 aromatic rings. The second kappa shape index (κ2) is 4.47. The zero-order valence-corrected chi connectivity index (χ0v) is 9.13. The molecule has 0 amide bonds. The summed E-state index contributed by atoms with van der Waals surface area (Å²) in [4.78, 5) is 0. The molecule has 0 saturated carbocycles. The van der Waals surface area contributed by atoms with Gasteiger partial charge >= 0.3 is 0 Å². The van der Waals surface area contributed by atoms with Crippen molar-refractivity contribution in [3.63, 3.8) is 0 Å². The van der Waals surface area contributed by atoms with Gasteiger partial charge in [-0.1, -0.05) is 41.4 Å². The molecule has 0 aliphatic heterocycles. The molecule has 0 fully saturated rings. The Morgan fingerprint density at radius 3 is 2.40 bits per heavy atom. The zero-order chi connectivity index (χ0) is 10.7. The maximum Gasteiger partial charge on any atom is 0.172 e. The van der Waals surface area contributed by atoms with Crippen molar-refractivity contribution in [3.8, 4) is 0 Å². The van der Waals surface area contributed by atoms with E-state index in [4.69, 9.17) is 23.2 Å². The number of nitrogens with one attached hydrogen (secondary N) is 1. The second-order valence-electron chi connectivity index (χ2n) is 2.85. The Hall–Kier alpha value is -1.32. The maximum atomic E-state index is 5.93. The highest BCUT2D eigenvalue weighted by Gasteiger charge is 2.03. The molecule has 0 bridgehead atoms. The minimum absolute atomic E-state index is 0.276. The largest absolute Gasteiger partial charge is 0.337 e. The monoisotopic (exact) mass is 239 g/mol. The molecular weight excluding hydrogens is 233 g/mol. The van der Waals surface area contributed by atoms with Gasteiger partial charge < -0.3 is 5.32 Å². The van der Waals surface area contributed by atoms with Crippen LogP contribution in [0.15, 0.2) is 36.4 Å². The molecule has 1 aromatic carbocycles. The third-order valence-corrected chi connectivity index (χ3v) is 2.23. The Labute approximate surface area is 97.1 Å². The van der Waals surface area contributed by atoms with Crippen LogP contribution >= 0.6 is 23.2 Å². The summed E-state index contributed by atoms with van der Waals surface area (Å²) in [6, 6.07) is 11.1. The predicted octanol–water partition coefficient (Wildman–Crippen LogP) is 3.53. The molecule has 3 nitrogen and oxygen atoms in total. The van der Waals surface area contributed by atoms with Crippen LogP contribution in [0.5, 0.6) is 0 Å². The average molecular weight is 240 g/mol. The summed E-state index contributed by atoms with van der Waals surface area (Å²) in [5, 5.41) is 11.3. The third kappa shape index (κ3) is 2.58. The zero-order valence-electron chi connectivity index (χ0n) is 7.61. The molecule has 0 radical (unpaired) electrons. The SMILES string of the molecule is Clc1cc(Cl)c(Nc2ccccc2)nn1. The fourth-order valence-electron chi connectivity index (χ4n) is 1.09. The summed E-state index contributed by atoms with van der Waals surface area (Å²) >= 11 is 11.6. The Bertz CT molecular complexity index is 459. The van der Waals surface area contributed by atoms with Crippen LogP contribution in [0.2, 0.25) is 10.2 Å². The molecule has 76 valence electrons. The first-order chi connectivity index (χ1) is 7.25. The summed E-state index contributed by atoms with van der Waals surface area (Å²) in [5.41, 5.74) is 0.899. The van der Waals surface area contributed by atoms with Crippen LogP contribution in [-0.4, -0.2) is 10.2 Å². The van der Waals surface area contributed by atoms with Crippen molar-refractivity contribution < 1.29 is 0 Å². The molecule has 2 rings (SSSR count). The van der Waals surface area contributed by atoms with Crippen LogP contribution in [0.4, 0.5) is 11.5 Å². The van der Waals surface area contributed by atoms with Gasteiger partial charge in [0.25, 0.3) is 0 Å². The van der Waals surface area contributed by atoms with Gasteiger partial charge in [-0.2, -0.15) is 0 Å². The smallest absolute Gasteiger partial charge is 0.172 e. The van der Waals surface area contributed by atoms with Crippen LogP contribution in [0, 0.1) is 0 Å². The summed E-state index contributed by atoms with van der Waals surface area (Å²) < 4.78 is 0. The highest BCUT2D eigenvalue weighted by atomic mass is 35.5. The third-order valence-electron chi connectivity index (χ3n) is 1.75. The van der Waals surface area contributed by atoms with E-state index < -0.39 is 0 Å². The van der Waals surface area contributed by atoms with Crippen LogP contribution in [0.1, 0.15) is 0 Å². The number of hydrogen-bond acceptors (Lipinski definition) is 3. The van der Waals surface area contributed by atoms with Crippen LogP contribution in [-0.2, 0) is 0 Å². The minimum atomic E-state index is 0.276. The van der Waals surface area contributed by atoms with Gasteiger partial charge in [0.1, 0.15) is 0 Å². The van der Waals surface area contributed by atoms with Crippen LogP contribution in [0.25, 0.3) is 0 Å². The fourth-order valence-corrected chi connectivity index (χ4v) is 1.48. The highest BCUT2D eigenvalue weighted by Crippen LogP contribution is 2.23. The number of aromatic nitrogens is 2. The lowest BCUT2D eigenvalue weighted by atomic mass is 10.3. The van der Waals surface area contributed by atoms with E-state index in [-0.39, 0.29) is 5.15 Å². The topological polar surface area (TPSA) is 37.8 Å². The van der Waals surface area contributed by atoms with E-state index in [1.54, 1.807) is 6.07 Å². The number of rotatable bonds is 2. The highest BCUT2D eigenvalue weighted by molar-refractivity contribution is 6.35. The fraction of sp³-hybridized carbons (Fsp3) is 0. The normalized spacial score (nSPS) is 10.0. The van der Waals surface area contributed by atoms with Crippen molar-refractivity contribution in [2.75, 3.05) is 5.32 Å². The van der Waals surface area contributed by atoms with E-state index in [9.17, 15) is 0 Å². The van der Waals surface area contributed by atoms with E-state index in [0.717, 1.165) is 5.69 Å². The first-order valence-electron chi connectivity index (χ1n) is 4.26. The Balaban J connectivity index is 2.25. The molecule has 5 heteroatoms. The molecule has 15 heavy (non-hydrogen) atoms. The van der Waals surface area contributed by atoms with Crippen molar-refractivity contribution in [1.29, 1.82) is 0 Å². The molecule has 1 heterocycles. The summed E-state index contributed by atoms with van der Waals surface area (Å²) in [5.74, 6) is 0.493. The maximum absolute atomic E-state index is 5.93. The van der Waals surface area contributed by atoms with Crippen molar-refractivity contribution >= 4 is 34.7 Å². The number of halogens is 2. The lowest BCUT2D eigenvalue weighted by Gasteiger charge is -2.05.